The van der Waals surface area contributed by atoms with Gasteiger partial charge in [0.05, 0.1) is 0 Å². The highest BCUT2D eigenvalue weighted by molar-refractivity contribution is 5.73. The van der Waals surface area contributed by atoms with Crippen LogP contribution < -0.4 is 0 Å². The van der Waals surface area contributed by atoms with Gasteiger partial charge in [-0.2, -0.15) is 0 Å². The third kappa shape index (κ3) is 3.59. The Morgan fingerprint density at radius 2 is 1.88 bits per heavy atom. The first-order valence-electron chi connectivity index (χ1n) is 8.60. The maximum Gasteiger partial charge on any atom is 0.219 e. The van der Waals surface area contributed by atoms with Crippen LogP contribution in [0, 0.1) is 17.6 Å². The van der Waals surface area contributed by atoms with E-state index in [0.717, 1.165) is 45.3 Å². The fourth-order valence-corrected chi connectivity index (χ4v) is 3.93. The van der Waals surface area contributed by atoms with Crippen LogP contribution in [0.3, 0.4) is 0 Å². The Kier molecular flexibility index (Phi) is 5.15. The highest BCUT2D eigenvalue weighted by Crippen LogP contribution is 2.25. The van der Waals surface area contributed by atoms with Crippen LogP contribution in [-0.4, -0.2) is 65.9 Å². The van der Waals surface area contributed by atoms with E-state index in [1.807, 2.05) is 4.90 Å². The zero-order chi connectivity index (χ0) is 17.3. The predicted octanol–water partition coefficient (Wildman–Crippen LogP) is 1.95. The number of amides is 1. The summed E-state index contributed by atoms with van der Waals surface area (Å²) in [5, 5.41) is 0. The molecule has 2 aliphatic rings. The molecular formula is C18H25F2N3O. The van der Waals surface area contributed by atoms with Gasteiger partial charge in [0.1, 0.15) is 0 Å². The van der Waals surface area contributed by atoms with Crippen molar-refractivity contribution in [1.82, 2.24) is 14.7 Å². The molecule has 2 saturated heterocycles. The maximum absolute atomic E-state index is 13.9. The van der Waals surface area contributed by atoms with E-state index in [-0.39, 0.29) is 5.91 Å². The molecule has 2 atom stereocenters. The SMILES string of the molecule is CC(=O)N1CCN([C@H]2CN(Cc3cccc(F)c3F)C[C@@H]2C)CC1. The van der Waals surface area contributed by atoms with E-state index in [0.29, 0.717) is 24.1 Å². The summed E-state index contributed by atoms with van der Waals surface area (Å²) in [5.74, 6) is -0.900. The Hall–Kier alpha value is -1.53. The molecule has 0 saturated carbocycles. The van der Waals surface area contributed by atoms with E-state index in [4.69, 9.17) is 0 Å². The van der Waals surface area contributed by atoms with Crippen LogP contribution in [0.15, 0.2) is 18.2 Å². The predicted molar refractivity (Wildman–Crippen MR) is 88.4 cm³/mol. The van der Waals surface area contributed by atoms with Crippen molar-refractivity contribution in [3.8, 4) is 0 Å². The molecule has 132 valence electrons. The van der Waals surface area contributed by atoms with Crippen molar-refractivity contribution in [2.45, 2.75) is 26.4 Å². The molecule has 2 heterocycles. The summed E-state index contributed by atoms with van der Waals surface area (Å²) in [7, 11) is 0. The second-order valence-corrected chi connectivity index (χ2v) is 6.99. The first-order chi connectivity index (χ1) is 11.5. The number of nitrogens with zero attached hydrogens (tertiary/aromatic N) is 3. The minimum Gasteiger partial charge on any atom is -0.340 e. The number of carbonyl (C=O) groups excluding carboxylic acids is 1. The zero-order valence-electron chi connectivity index (χ0n) is 14.3. The monoisotopic (exact) mass is 337 g/mol. The van der Waals surface area contributed by atoms with Crippen molar-refractivity contribution in [1.29, 1.82) is 0 Å². The van der Waals surface area contributed by atoms with E-state index in [1.54, 1.807) is 19.1 Å². The molecule has 3 rings (SSSR count). The number of likely N-dealkylation sites (tertiary alicyclic amines) is 1. The molecule has 1 aromatic carbocycles. The molecule has 2 aliphatic heterocycles. The molecule has 4 nitrogen and oxygen atoms in total. The minimum atomic E-state index is -0.781. The third-order valence-electron chi connectivity index (χ3n) is 5.30. The molecule has 0 radical (unpaired) electrons. The summed E-state index contributed by atoms with van der Waals surface area (Å²) in [6.45, 7) is 9.33. The largest absolute Gasteiger partial charge is 0.340 e. The van der Waals surface area contributed by atoms with Crippen molar-refractivity contribution in [2.75, 3.05) is 39.3 Å². The van der Waals surface area contributed by atoms with E-state index < -0.39 is 11.6 Å². The Bertz CT molecular complexity index is 602. The smallest absolute Gasteiger partial charge is 0.219 e. The lowest BCUT2D eigenvalue weighted by Crippen LogP contribution is -2.53. The number of hydrogen-bond donors (Lipinski definition) is 0. The molecule has 1 aromatic rings. The lowest BCUT2D eigenvalue weighted by Gasteiger charge is -2.39. The molecule has 0 aromatic heterocycles. The summed E-state index contributed by atoms with van der Waals surface area (Å²) in [5.41, 5.74) is 0.421. The number of carbonyl (C=O) groups is 1. The maximum atomic E-state index is 13.9. The van der Waals surface area contributed by atoms with Gasteiger partial charge < -0.3 is 4.90 Å². The molecule has 0 N–H and O–H groups in total. The molecule has 0 aliphatic carbocycles. The quantitative estimate of drug-likeness (QED) is 0.843. The Balaban J connectivity index is 1.59. The summed E-state index contributed by atoms with van der Waals surface area (Å²) in [4.78, 5) is 18.0. The van der Waals surface area contributed by atoms with Crippen molar-refractivity contribution < 1.29 is 13.6 Å². The second kappa shape index (κ2) is 7.15. The average Bonchev–Trinajstić information content (AvgIpc) is 2.92. The molecule has 2 fully saturated rings. The Labute approximate surface area is 142 Å². The van der Waals surface area contributed by atoms with Crippen LogP contribution in [0.2, 0.25) is 0 Å². The van der Waals surface area contributed by atoms with Gasteiger partial charge in [0, 0.05) is 64.3 Å². The van der Waals surface area contributed by atoms with Gasteiger partial charge in [-0.15, -0.1) is 0 Å². The second-order valence-electron chi connectivity index (χ2n) is 6.99. The van der Waals surface area contributed by atoms with Crippen LogP contribution in [-0.2, 0) is 11.3 Å². The number of piperazine rings is 1. The van der Waals surface area contributed by atoms with Crippen molar-refractivity contribution in [2.24, 2.45) is 5.92 Å². The normalized spacial score (nSPS) is 26.1. The molecule has 0 bridgehead atoms. The molecule has 0 unspecified atom stereocenters. The fourth-order valence-electron chi connectivity index (χ4n) is 3.93. The van der Waals surface area contributed by atoms with Gasteiger partial charge in [-0.1, -0.05) is 19.1 Å². The van der Waals surface area contributed by atoms with E-state index in [9.17, 15) is 13.6 Å². The van der Waals surface area contributed by atoms with E-state index >= 15 is 0 Å². The standard InChI is InChI=1S/C18H25F2N3O/c1-13-10-21(11-15-4-3-5-16(19)18(15)20)12-17(13)23-8-6-22(7-9-23)14(2)24/h3-5,13,17H,6-12H2,1-2H3/t13-,17-/m0/s1. The van der Waals surface area contributed by atoms with Gasteiger partial charge in [-0.05, 0) is 12.0 Å². The molecule has 24 heavy (non-hydrogen) atoms. The topological polar surface area (TPSA) is 26.8 Å². The third-order valence-corrected chi connectivity index (χ3v) is 5.30. The summed E-state index contributed by atoms with van der Waals surface area (Å²) in [6.07, 6.45) is 0. The molecule has 6 heteroatoms. The van der Waals surface area contributed by atoms with Gasteiger partial charge >= 0.3 is 0 Å². The van der Waals surface area contributed by atoms with Gasteiger partial charge in [0.25, 0.3) is 0 Å². The van der Waals surface area contributed by atoms with Crippen LogP contribution in [0.25, 0.3) is 0 Å². The lowest BCUT2D eigenvalue weighted by atomic mass is 10.0. The van der Waals surface area contributed by atoms with Crippen LogP contribution in [0.4, 0.5) is 8.78 Å². The van der Waals surface area contributed by atoms with Gasteiger partial charge in [-0.3, -0.25) is 14.6 Å². The van der Waals surface area contributed by atoms with E-state index in [2.05, 4.69) is 16.7 Å². The highest BCUT2D eigenvalue weighted by atomic mass is 19.2. The fraction of sp³-hybridized carbons (Fsp3) is 0.611. The number of rotatable bonds is 3. The minimum absolute atomic E-state index is 0.136. The van der Waals surface area contributed by atoms with Crippen molar-refractivity contribution in [3.05, 3.63) is 35.4 Å². The molecule has 0 spiro atoms. The van der Waals surface area contributed by atoms with Crippen LogP contribution >= 0.6 is 0 Å². The number of halogens is 2. The average molecular weight is 337 g/mol. The van der Waals surface area contributed by atoms with Crippen LogP contribution in [0.5, 0.6) is 0 Å². The summed E-state index contributed by atoms with van der Waals surface area (Å²) >= 11 is 0. The van der Waals surface area contributed by atoms with Crippen LogP contribution in [0.1, 0.15) is 19.4 Å². The summed E-state index contributed by atoms with van der Waals surface area (Å²) < 4.78 is 27.2. The Morgan fingerprint density at radius 1 is 1.17 bits per heavy atom. The first kappa shape index (κ1) is 17.3. The summed E-state index contributed by atoms with van der Waals surface area (Å²) in [6, 6.07) is 4.78. The van der Waals surface area contributed by atoms with E-state index in [1.165, 1.54) is 0 Å². The molecular weight excluding hydrogens is 312 g/mol. The first-order valence-corrected chi connectivity index (χ1v) is 8.60. The Morgan fingerprint density at radius 3 is 2.54 bits per heavy atom. The number of benzene rings is 1. The lowest BCUT2D eigenvalue weighted by molar-refractivity contribution is -0.130. The van der Waals surface area contributed by atoms with Gasteiger partial charge in [0.2, 0.25) is 5.91 Å². The van der Waals surface area contributed by atoms with Gasteiger partial charge in [0.15, 0.2) is 11.6 Å². The van der Waals surface area contributed by atoms with Crippen molar-refractivity contribution in [3.63, 3.8) is 0 Å². The number of hydrogen-bond acceptors (Lipinski definition) is 3. The highest BCUT2D eigenvalue weighted by Gasteiger charge is 2.35. The molecule has 1 amide bonds. The van der Waals surface area contributed by atoms with Gasteiger partial charge in [-0.25, -0.2) is 8.78 Å². The van der Waals surface area contributed by atoms with Crippen molar-refractivity contribution >= 4 is 5.91 Å². The zero-order valence-corrected chi connectivity index (χ0v) is 14.3.